The molecular weight excluding hydrogens is 450 g/mol. The van der Waals surface area contributed by atoms with Crippen LogP contribution in [0.4, 0.5) is 0 Å². The molecule has 34 heavy (non-hydrogen) atoms. The number of ether oxygens (including phenoxy) is 1. The molecular formula is C26H33N3O4S. The summed E-state index contributed by atoms with van der Waals surface area (Å²) in [6, 6.07) is 15.2. The van der Waals surface area contributed by atoms with E-state index in [0.29, 0.717) is 50.5 Å². The highest BCUT2D eigenvalue weighted by molar-refractivity contribution is 7.89. The summed E-state index contributed by atoms with van der Waals surface area (Å²) in [4.78, 5) is 12.6. The van der Waals surface area contributed by atoms with Gasteiger partial charge in [0.1, 0.15) is 5.75 Å². The van der Waals surface area contributed by atoms with Gasteiger partial charge >= 0.3 is 0 Å². The molecule has 1 aliphatic heterocycles. The molecule has 0 bridgehead atoms. The fourth-order valence-electron chi connectivity index (χ4n) is 4.37. The first-order valence-electron chi connectivity index (χ1n) is 12.0. The highest BCUT2D eigenvalue weighted by atomic mass is 32.2. The molecule has 0 atom stereocenters. The molecule has 2 aromatic carbocycles. The molecule has 3 aromatic rings. The number of rotatable bonds is 11. The lowest BCUT2D eigenvalue weighted by Crippen LogP contribution is -2.27. The van der Waals surface area contributed by atoms with Crippen LogP contribution in [0.5, 0.6) is 5.75 Å². The summed E-state index contributed by atoms with van der Waals surface area (Å²) in [7, 11) is -3.42. The highest BCUT2D eigenvalue weighted by Crippen LogP contribution is 2.25. The predicted octanol–water partition coefficient (Wildman–Crippen LogP) is 3.96. The van der Waals surface area contributed by atoms with Gasteiger partial charge in [0.05, 0.1) is 11.5 Å². The number of carbonyl (C=O) groups excluding carboxylic acids is 1. The van der Waals surface area contributed by atoms with Gasteiger partial charge in [-0.1, -0.05) is 12.1 Å². The molecule has 2 heterocycles. The van der Waals surface area contributed by atoms with E-state index in [0.717, 1.165) is 41.5 Å². The lowest BCUT2D eigenvalue weighted by atomic mass is 10.1. The number of aryl methyl sites for hydroxylation is 1. The van der Waals surface area contributed by atoms with Gasteiger partial charge in [0.15, 0.2) is 0 Å². The number of nitrogens with zero attached hydrogens (tertiary/aromatic N) is 2. The Kier molecular flexibility index (Phi) is 7.90. The number of hydrogen-bond donors (Lipinski definition) is 1. The zero-order valence-electron chi connectivity index (χ0n) is 19.7. The van der Waals surface area contributed by atoms with Gasteiger partial charge in [-0.15, -0.1) is 0 Å². The summed E-state index contributed by atoms with van der Waals surface area (Å²) in [5.41, 5.74) is 2.14. The zero-order valence-corrected chi connectivity index (χ0v) is 20.5. The Bertz CT molecular complexity index is 1210. The van der Waals surface area contributed by atoms with Crippen LogP contribution in [0.2, 0.25) is 0 Å². The van der Waals surface area contributed by atoms with Gasteiger partial charge in [-0.25, -0.2) is 8.42 Å². The van der Waals surface area contributed by atoms with Crippen molar-refractivity contribution in [3.63, 3.8) is 0 Å². The fraction of sp³-hybridized carbons (Fsp3) is 0.423. The molecule has 0 unspecified atom stereocenters. The van der Waals surface area contributed by atoms with Crippen LogP contribution in [0.3, 0.4) is 0 Å². The molecule has 1 aliphatic rings. The van der Waals surface area contributed by atoms with Crippen LogP contribution in [0.25, 0.3) is 10.9 Å². The molecule has 8 heteroatoms. The first kappa shape index (κ1) is 24.3. The fourth-order valence-corrected chi connectivity index (χ4v) is 5.93. The number of amides is 1. The molecule has 1 aromatic heterocycles. The summed E-state index contributed by atoms with van der Waals surface area (Å²) in [5, 5.41) is 3.89. The number of fused-ring (bicyclic) bond motifs is 1. The van der Waals surface area contributed by atoms with Crippen molar-refractivity contribution in [1.29, 1.82) is 0 Å². The average molecular weight is 484 g/mol. The van der Waals surface area contributed by atoms with E-state index in [-0.39, 0.29) is 5.91 Å². The summed E-state index contributed by atoms with van der Waals surface area (Å²) >= 11 is 0. The number of benzene rings is 2. The van der Waals surface area contributed by atoms with Crippen LogP contribution in [-0.4, -0.2) is 49.4 Å². The molecule has 0 aliphatic carbocycles. The maximum absolute atomic E-state index is 12.8. The summed E-state index contributed by atoms with van der Waals surface area (Å²) in [5.74, 6) is 0.902. The number of carbonyl (C=O) groups is 1. The van der Waals surface area contributed by atoms with Crippen molar-refractivity contribution in [2.45, 2.75) is 50.5 Å². The molecule has 0 radical (unpaired) electrons. The Labute approximate surface area is 201 Å². The van der Waals surface area contributed by atoms with E-state index in [1.54, 1.807) is 16.4 Å². The Morgan fingerprint density at radius 1 is 1.06 bits per heavy atom. The Balaban J connectivity index is 1.24. The summed E-state index contributed by atoms with van der Waals surface area (Å²) in [6.07, 6.45) is 5.75. The van der Waals surface area contributed by atoms with Crippen LogP contribution in [0.1, 0.15) is 38.2 Å². The largest absolute Gasteiger partial charge is 0.494 e. The van der Waals surface area contributed by atoms with Crippen molar-refractivity contribution in [2.75, 3.05) is 26.2 Å². The van der Waals surface area contributed by atoms with Gasteiger partial charge in [-0.2, -0.15) is 4.31 Å². The quantitative estimate of drug-likeness (QED) is 0.448. The van der Waals surface area contributed by atoms with E-state index < -0.39 is 10.0 Å². The third-order valence-electron chi connectivity index (χ3n) is 6.22. The van der Waals surface area contributed by atoms with Crippen LogP contribution in [0.15, 0.2) is 59.6 Å². The van der Waals surface area contributed by atoms with Crippen LogP contribution < -0.4 is 10.1 Å². The third kappa shape index (κ3) is 5.80. The van der Waals surface area contributed by atoms with E-state index >= 15 is 0 Å². The van der Waals surface area contributed by atoms with Crippen molar-refractivity contribution in [2.24, 2.45) is 0 Å². The Morgan fingerprint density at radius 2 is 1.82 bits per heavy atom. The third-order valence-corrected chi connectivity index (χ3v) is 8.11. The normalized spacial score (nSPS) is 14.5. The Hall–Kier alpha value is -2.84. The number of sulfonamides is 1. The molecule has 1 fully saturated rings. The van der Waals surface area contributed by atoms with Crippen molar-refractivity contribution in [3.05, 3.63) is 60.3 Å². The van der Waals surface area contributed by atoms with Gasteiger partial charge in [0.2, 0.25) is 15.9 Å². The second-order valence-corrected chi connectivity index (χ2v) is 10.6. The highest BCUT2D eigenvalue weighted by Gasteiger charge is 2.27. The van der Waals surface area contributed by atoms with E-state index in [9.17, 15) is 13.2 Å². The van der Waals surface area contributed by atoms with E-state index in [4.69, 9.17) is 4.74 Å². The smallest absolute Gasteiger partial charge is 0.243 e. The molecule has 1 amide bonds. The zero-order chi connectivity index (χ0) is 24.0. The molecule has 1 N–H and O–H groups in total. The van der Waals surface area contributed by atoms with Gasteiger partial charge in [-0.05, 0) is 74.6 Å². The maximum Gasteiger partial charge on any atom is 0.243 e. The van der Waals surface area contributed by atoms with Crippen molar-refractivity contribution in [1.82, 2.24) is 14.2 Å². The summed E-state index contributed by atoms with van der Waals surface area (Å²) in [6.45, 7) is 5.12. The number of aromatic nitrogens is 1. The molecule has 1 saturated heterocycles. The first-order valence-corrected chi connectivity index (χ1v) is 13.5. The molecule has 182 valence electrons. The molecule has 0 spiro atoms. The predicted molar refractivity (Wildman–Crippen MR) is 133 cm³/mol. The lowest BCUT2D eigenvalue weighted by molar-refractivity contribution is -0.121. The topological polar surface area (TPSA) is 80.6 Å². The SMILES string of the molecule is CCOc1ccc(CCNC(=O)CCCn2ccc3cc(S(=O)(=O)N4CCCC4)ccc32)cc1. The van der Waals surface area contributed by atoms with Crippen LogP contribution in [0, 0.1) is 0 Å². The van der Waals surface area contributed by atoms with E-state index in [1.165, 1.54) is 0 Å². The van der Waals surface area contributed by atoms with Gasteiger partial charge in [0, 0.05) is 49.7 Å². The minimum Gasteiger partial charge on any atom is -0.494 e. The van der Waals surface area contributed by atoms with Crippen molar-refractivity contribution in [3.8, 4) is 5.75 Å². The van der Waals surface area contributed by atoms with Gasteiger partial charge < -0.3 is 14.6 Å². The van der Waals surface area contributed by atoms with Crippen molar-refractivity contribution >= 4 is 26.8 Å². The second kappa shape index (κ2) is 11.1. The van der Waals surface area contributed by atoms with Crippen molar-refractivity contribution < 1.29 is 17.9 Å². The monoisotopic (exact) mass is 483 g/mol. The van der Waals surface area contributed by atoms with E-state index in [1.807, 2.05) is 49.5 Å². The lowest BCUT2D eigenvalue weighted by Gasteiger charge is -2.15. The van der Waals surface area contributed by atoms with E-state index in [2.05, 4.69) is 9.88 Å². The number of hydrogen-bond acceptors (Lipinski definition) is 4. The van der Waals surface area contributed by atoms with Gasteiger partial charge in [0.25, 0.3) is 0 Å². The minimum atomic E-state index is -3.42. The maximum atomic E-state index is 12.8. The molecule has 4 rings (SSSR count). The molecule has 7 nitrogen and oxygen atoms in total. The average Bonchev–Trinajstić information content (AvgIpc) is 3.51. The standard InChI is InChI=1S/C26H33N3O4S/c1-2-33-23-9-7-21(8-10-23)13-15-27-26(30)6-5-16-28-19-14-22-20-24(11-12-25(22)28)34(31,32)29-17-3-4-18-29/h7-12,14,19-20H,2-6,13,15-18H2,1H3,(H,27,30). The second-order valence-electron chi connectivity index (χ2n) is 8.62. The first-order chi connectivity index (χ1) is 16.5. The Morgan fingerprint density at radius 3 is 2.56 bits per heavy atom. The van der Waals surface area contributed by atoms with Crippen LogP contribution in [-0.2, 0) is 27.8 Å². The van der Waals surface area contributed by atoms with Crippen LogP contribution >= 0.6 is 0 Å². The molecule has 0 saturated carbocycles. The summed E-state index contributed by atoms with van der Waals surface area (Å²) < 4.78 is 34.7. The number of nitrogens with one attached hydrogen (secondary N) is 1. The minimum absolute atomic E-state index is 0.0430. The van der Waals surface area contributed by atoms with Gasteiger partial charge in [-0.3, -0.25) is 4.79 Å².